The Morgan fingerprint density at radius 1 is 1.16 bits per heavy atom. The zero-order valence-electron chi connectivity index (χ0n) is 15.5. The van der Waals surface area contributed by atoms with Crippen LogP contribution in [0.5, 0.6) is 0 Å². The number of hydrogen-bond donors (Lipinski definition) is 1. The highest BCUT2D eigenvalue weighted by molar-refractivity contribution is 5.96. The lowest BCUT2D eigenvalue weighted by Crippen LogP contribution is -2.32. The summed E-state index contributed by atoms with van der Waals surface area (Å²) in [6.07, 6.45) is 3.64. The van der Waals surface area contributed by atoms with Gasteiger partial charge in [-0.3, -0.25) is 9.48 Å². The molecule has 1 saturated heterocycles. The molecule has 1 aliphatic heterocycles. The summed E-state index contributed by atoms with van der Waals surface area (Å²) in [5.41, 5.74) is 4.01. The van der Waals surface area contributed by atoms with E-state index < -0.39 is 0 Å². The first kappa shape index (κ1) is 17.4. The Labute approximate surface area is 148 Å². The molecule has 0 aromatic carbocycles. The van der Waals surface area contributed by atoms with Crippen LogP contribution in [0.4, 0.5) is 5.95 Å². The van der Waals surface area contributed by atoms with Crippen LogP contribution in [0.15, 0.2) is 6.07 Å². The number of hydrogen-bond acceptors (Lipinski definition) is 5. The van der Waals surface area contributed by atoms with E-state index in [2.05, 4.69) is 25.3 Å². The summed E-state index contributed by atoms with van der Waals surface area (Å²) in [7, 11) is 1.85. The first-order chi connectivity index (χ1) is 12.0. The third-order valence-corrected chi connectivity index (χ3v) is 4.70. The standard InChI is InChI=1S/C18H26N6O/c1-12-10-15(21-18(20-12)24-8-6-5-7-9-24)11-19-17(25)16-13(2)22-23(4)14(16)3/h10H,5-9,11H2,1-4H3,(H,19,25). The second kappa shape index (κ2) is 7.21. The number of carbonyl (C=O) groups excluding carboxylic acids is 1. The van der Waals surface area contributed by atoms with Gasteiger partial charge in [0.15, 0.2) is 0 Å². The fraction of sp³-hybridized carbons (Fsp3) is 0.556. The number of nitrogens with one attached hydrogen (secondary N) is 1. The Morgan fingerprint density at radius 3 is 2.52 bits per heavy atom. The first-order valence-electron chi connectivity index (χ1n) is 8.83. The van der Waals surface area contributed by atoms with E-state index in [1.165, 1.54) is 19.3 Å². The molecule has 1 aliphatic rings. The van der Waals surface area contributed by atoms with E-state index in [-0.39, 0.29) is 5.91 Å². The SMILES string of the molecule is Cc1cc(CNC(=O)c2c(C)nn(C)c2C)nc(N2CCCCC2)n1. The zero-order valence-corrected chi connectivity index (χ0v) is 15.5. The summed E-state index contributed by atoms with van der Waals surface area (Å²) in [4.78, 5) is 24.0. The fourth-order valence-electron chi connectivity index (χ4n) is 3.30. The number of anilines is 1. The van der Waals surface area contributed by atoms with E-state index in [0.29, 0.717) is 12.1 Å². The summed E-state index contributed by atoms with van der Waals surface area (Å²) in [5, 5.41) is 7.27. The predicted octanol–water partition coefficient (Wildman–Crippen LogP) is 2.06. The molecule has 0 saturated carbocycles. The molecule has 1 amide bonds. The molecule has 0 unspecified atom stereocenters. The lowest BCUT2D eigenvalue weighted by Gasteiger charge is -2.27. The van der Waals surface area contributed by atoms with Crippen LogP contribution >= 0.6 is 0 Å². The minimum atomic E-state index is -0.112. The molecule has 7 nitrogen and oxygen atoms in total. The number of amides is 1. The summed E-state index contributed by atoms with van der Waals surface area (Å²) in [5.74, 6) is 0.663. The number of carbonyl (C=O) groups is 1. The highest BCUT2D eigenvalue weighted by Crippen LogP contribution is 2.17. The van der Waals surface area contributed by atoms with Gasteiger partial charge in [-0.15, -0.1) is 0 Å². The van der Waals surface area contributed by atoms with Crippen LogP contribution in [0, 0.1) is 20.8 Å². The molecule has 25 heavy (non-hydrogen) atoms. The number of rotatable bonds is 4. The van der Waals surface area contributed by atoms with Gasteiger partial charge in [-0.2, -0.15) is 5.10 Å². The summed E-state index contributed by atoms with van der Waals surface area (Å²) >= 11 is 0. The molecular weight excluding hydrogens is 316 g/mol. The summed E-state index contributed by atoms with van der Waals surface area (Å²) < 4.78 is 1.73. The van der Waals surface area contributed by atoms with Crippen LogP contribution in [0.1, 0.15) is 52.4 Å². The molecule has 1 fully saturated rings. The van der Waals surface area contributed by atoms with Crippen molar-refractivity contribution in [1.82, 2.24) is 25.1 Å². The molecule has 2 aromatic rings. The quantitative estimate of drug-likeness (QED) is 0.920. The molecule has 3 heterocycles. The number of aromatic nitrogens is 4. The van der Waals surface area contributed by atoms with Gasteiger partial charge in [-0.25, -0.2) is 9.97 Å². The van der Waals surface area contributed by atoms with E-state index in [4.69, 9.17) is 0 Å². The van der Waals surface area contributed by atoms with E-state index in [9.17, 15) is 4.79 Å². The molecule has 0 aliphatic carbocycles. The van der Waals surface area contributed by atoms with Crippen molar-refractivity contribution >= 4 is 11.9 Å². The summed E-state index contributed by atoms with van der Waals surface area (Å²) in [6.45, 7) is 8.11. The molecule has 1 N–H and O–H groups in total. The van der Waals surface area contributed by atoms with Crippen LogP contribution < -0.4 is 10.2 Å². The average molecular weight is 342 g/mol. The molecule has 0 atom stereocenters. The molecule has 0 spiro atoms. The van der Waals surface area contributed by atoms with Crippen molar-refractivity contribution in [3.8, 4) is 0 Å². The van der Waals surface area contributed by atoms with Gasteiger partial charge >= 0.3 is 0 Å². The molecule has 134 valence electrons. The van der Waals surface area contributed by atoms with Crippen molar-refractivity contribution in [1.29, 1.82) is 0 Å². The molecule has 0 radical (unpaired) electrons. The van der Waals surface area contributed by atoms with Crippen LogP contribution in [0.25, 0.3) is 0 Å². The van der Waals surface area contributed by atoms with Gasteiger partial charge < -0.3 is 10.2 Å². The maximum Gasteiger partial charge on any atom is 0.255 e. The number of aryl methyl sites for hydroxylation is 3. The van der Waals surface area contributed by atoms with E-state index in [1.807, 2.05) is 33.9 Å². The second-order valence-corrected chi connectivity index (χ2v) is 6.70. The highest BCUT2D eigenvalue weighted by atomic mass is 16.1. The molecular formula is C18H26N6O. The lowest BCUT2D eigenvalue weighted by atomic mass is 10.1. The minimum Gasteiger partial charge on any atom is -0.346 e. The van der Waals surface area contributed by atoms with E-state index in [1.54, 1.807) is 4.68 Å². The normalized spacial score (nSPS) is 14.6. The van der Waals surface area contributed by atoms with Gasteiger partial charge in [0.05, 0.1) is 23.5 Å². The molecule has 0 bridgehead atoms. The van der Waals surface area contributed by atoms with Gasteiger partial charge in [0.25, 0.3) is 5.91 Å². The Kier molecular flexibility index (Phi) is 5.01. The third-order valence-electron chi connectivity index (χ3n) is 4.70. The highest BCUT2D eigenvalue weighted by Gasteiger charge is 2.18. The molecule has 7 heteroatoms. The monoisotopic (exact) mass is 342 g/mol. The summed E-state index contributed by atoms with van der Waals surface area (Å²) in [6, 6.07) is 1.93. The second-order valence-electron chi connectivity index (χ2n) is 6.70. The van der Waals surface area contributed by atoms with Gasteiger partial charge in [0.1, 0.15) is 0 Å². The third kappa shape index (κ3) is 3.81. The first-order valence-corrected chi connectivity index (χ1v) is 8.83. The Morgan fingerprint density at radius 2 is 1.88 bits per heavy atom. The maximum absolute atomic E-state index is 12.5. The molecule has 2 aromatic heterocycles. The van der Waals surface area contributed by atoms with Crippen molar-refractivity contribution in [2.75, 3.05) is 18.0 Å². The van der Waals surface area contributed by atoms with E-state index in [0.717, 1.165) is 41.8 Å². The largest absolute Gasteiger partial charge is 0.346 e. The Hall–Kier alpha value is -2.44. The number of nitrogens with zero attached hydrogens (tertiary/aromatic N) is 5. The van der Waals surface area contributed by atoms with Crippen LogP contribution in [-0.2, 0) is 13.6 Å². The van der Waals surface area contributed by atoms with Crippen molar-refractivity contribution in [2.45, 2.75) is 46.6 Å². The maximum atomic E-state index is 12.5. The predicted molar refractivity (Wildman–Crippen MR) is 96.7 cm³/mol. The van der Waals surface area contributed by atoms with Gasteiger partial charge in [0, 0.05) is 31.5 Å². The van der Waals surface area contributed by atoms with Crippen LogP contribution in [0.3, 0.4) is 0 Å². The zero-order chi connectivity index (χ0) is 18.0. The Balaban J connectivity index is 1.72. The average Bonchev–Trinajstić information content (AvgIpc) is 2.85. The van der Waals surface area contributed by atoms with Gasteiger partial charge in [0.2, 0.25) is 5.95 Å². The van der Waals surface area contributed by atoms with Crippen molar-refractivity contribution in [3.05, 3.63) is 34.4 Å². The smallest absolute Gasteiger partial charge is 0.255 e. The molecule has 3 rings (SSSR count). The lowest BCUT2D eigenvalue weighted by molar-refractivity contribution is 0.0949. The fourth-order valence-corrected chi connectivity index (χ4v) is 3.30. The van der Waals surface area contributed by atoms with Gasteiger partial charge in [-0.05, 0) is 46.1 Å². The van der Waals surface area contributed by atoms with Crippen LogP contribution in [-0.4, -0.2) is 38.7 Å². The van der Waals surface area contributed by atoms with Gasteiger partial charge in [-0.1, -0.05) is 0 Å². The topological polar surface area (TPSA) is 75.9 Å². The van der Waals surface area contributed by atoms with Crippen LogP contribution in [0.2, 0.25) is 0 Å². The van der Waals surface area contributed by atoms with Crippen molar-refractivity contribution in [2.24, 2.45) is 7.05 Å². The number of piperidine rings is 1. The van der Waals surface area contributed by atoms with E-state index >= 15 is 0 Å². The van der Waals surface area contributed by atoms with Crippen molar-refractivity contribution in [3.63, 3.8) is 0 Å². The Bertz CT molecular complexity index is 776. The minimum absolute atomic E-state index is 0.112. The van der Waals surface area contributed by atoms with Crippen molar-refractivity contribution < 1.29 is 4.79 Å².